The van der Waals surface area contributed by atoms with Crippen LogP contribution >= 0.6 is 0 Å². The first-order valence-electron chi connectivity index (χ1n) is 7.08. The number of aryl methyl sites for hydroxylation is 1. The van der Waals surface area contributed by atoms with E-state index in [1.807, 2.05) is 24.3 Å². The summed E-state index contributed by atoms with van der Waals surface area (Å²) in [6, 6.07) is 12.5. The van der Waals surface area contributed by atoms with Crippen molar-refractivity contribution in [2.24, 2.45) is 0 Å². The van der Waals surface area contributed by atoms with Crippen molar-refractivity contribution in [1.82, 2.24) is 0 Å². The molecule has 0 aromatic heterocycles. The summed E-state index contributed by atoms with van der Waals surface area (Å²) in [5.74, 6) is -0.570. The third-order valence-corrected chi connectivity index (χ3v) is 3.85. The lowest BCUT2D eigenvalue weighted by Gasteiger charge is -2.30. The van der Waals surface area contributed by atoms with E-state index in [2.05, 4.69) is 5.32 Å². The van der Waals surface area contributed by atoms with Gasteiger partial charge in [0.2, 0.25) is 0 Å². The molecule has 2 aromatic carbocycles. The van der Waals surface area contributed by atoms with E-state index in [0.29, 0.717) is 12.1 Å². The number of nitrogens with zero attached hydrogens (tertiary/aromatic N) is 1. The Bertz CT molecular complexity index is 684. The Hall–Kier alpha value is -2.36. The summed E-state index contributed by atoms with van der Waals surface area (Å²) in [5, 5.41) is 2.79. The summed E-state index contributed by atoms with van der Waals surface area (Å²) in [6.07, 6.45) is 1.90. The van der Waals surface area contributed by atoms with Crippen LogP contribution in [0.4, 0.5) is 15.8 Å². The summed E-state index contributed by atoms with van der Waals surface area (Å²) in [6.45, 7) is 0.662. The number of carbonyl (C=O) groups is 1. The number of rotatable bonds is 2. The number of carbonyl (C=O) groups excluding carboxylic acids is 1. The molecule has 0 saturated carbocycles. The molecule has 1 aliphatic heterocycles. The minimum atomic E-state index is -0.409. The molecule has 3 rings (SSSR count). The zero-order valence-corrected chi connectivity index (χ0v) is 11.9. The second-order valence-electron chi connectivity index (χ2n) is 5.10. The highest BCUT2D eigenvalue weighted by Gasteiger charge is 2.25. The van der Waals surface area contributed by atoms with Crippen molar-refractivity contribution < 1.29 is 9.18 Å². The molecule has 1 aliphatic rings. The summed E-state index contributed by atoms with van der Waals surface area (Å²) in [7, 11) is 1.62. The van der Waals surface area contributed by atoms with Crippen molar-refractivity contribution >= 4 is 17.3 Å². The average molecular weight is 284 g/mol. The molecule has 0 aliphatic carbocycles. The van der Waals surface area contributed by atoms with E-state index in [-0.39, 0.29) is 11.6 Å². The van der Waals surface area contributed by atoms with Gasteiger partial charge >= 0.3 is 0 Å². The lowest BCUT2D eigenvalue weighted by Crippen LogP contribution is -2.35. The SMILES string of the molecule is CNc1c(F)cccc1C(=O)N1CCCc2ccccc21. The van der Waals surface area contributed by atoms with E-state index < -0.39 is 5.82 Å². The zero-order chi connectivity index (χ0) is 14.8. The molecule has 3 nitrogen and oxygen atoms in total. The van der Waals surface area contributed by atoms with Gasteiger partial charge in [-0.05, 0) is 36.6 Å². The number of fused-ring (bicyclic) bond motifs is 1. The van der Waals surface area contributed by atoms with Gasteiger partial charge in [-0.3, -0.25) is 4.79 Å². The van der Waals surface area contributed by atoms with Crippen LogP contribution in [0.25, 0.3) is 0 Å². The Morgan fingerprint density at radius 3 is 2.81 bits per heavy atom. The largest absolute Gasteiger partial charge is 0.385 e. The molecule has 0 atom stereocenters. The number of hydrogen-bond donors (Lipinski definition) is 1. The van der Waals surface area contributed by atoms with Gasteiger partial charge in [-0.15, -0.1) is 0 Å². The number of nitrogens with one attached hydrogen (secondary N) is 1. The second-order valence-corrected chi connectivity index (χ2v) is 5.10. The molecule has 0 radical (unpaired) electrons. The third kappa shape index (κ3) is 2.37. The first-order valence-corrected chi connectivity index (χ1v) is 7.08. The Morgan fingerprint density at radius 1 is 1.19 bits per heavy atom. The Kier molecular flexibility index (Phi) is 3.60. The van der Waals surface area contributed by atoms with Crippen molar-refractivity contribution in [3.63, 3.8) is 0 Å². The van der Waals surface area contributed by atoms with Gasteiger partial charge < -0.3 is 10.2 Å². The summed E-state index contributed by atoms with van der Waals surface area (Å²) in [5.41, 5.74) is 2.72. The maximum Gasteiger partial charge on any atom is 0.260 e. The summed E-state index contributed by atoms with van der Waals surface area (Å²) in [4.78, 5) is 14.6. The van der Waals surface area contributed by atoms with Crippen LogP contribution in [-0.4, -0.2) is 19.5 Å². The van der Waals surface area contributed by atoms with Crippen LogP contribution in [0.5, 0.6) is 0 Å². The maximum atomic E-state index is 13.8. The number of benzene rings is 2. The lowest BCUT2D eigenvalue weighted by molar-refractivity contribution is 0.0985. The van der Waals surface area contributed by atoms with Crippen molar-refractivity contribution in [2.45, 2.75) is 12.8 Å². The van der Waals surface area contributed by atoms with Crippen molar-refractivity contribution in [1.29, 1.82) is 0 Å². The standard InChI is InChI=1S/C17H17FN2O/c1-19-16-13(8-4-9-14(16)18)17(21)20-11-5-7-12-6-2-3-10-15(12)20/h2-4,6,8-10,19H,5,7,11H2,1H3. The molecule has 1 heterocycles. The van der Waals surface area contributed by atoms with Crippen LogP contribution in [0.3, 0.4) is 0 Å². The van der Waals surface area contributed by atoms with Gasteiger partial charge in [0.1, 0.15) is 5.82 Å². The fraction of sp³-hybridized carbons (Fsp3) is 0.235. The smallest absolute Gasteiger partial charge is 0.260 e. The molecule has 108 valence electrons. The number of para-hydroxylation sites is 2. The summed E-state index contributed by atoms with van der Waals surface area (Å²) >= 11 is 0. The first-order chi connectivity index (χ1) is 10.2. The maximum absolute atomic E-state index is 13.8. The highest BCUT2D eigenvalue weighted by molar-refractivity contribution is 6.10. The summed E-state index contributed by atoms with van der Waals surface area (Å²) < 4.78 is 13.8. The number of amides is 1. The van der Waals surface area contributed by atoms with Gasteiger partial charge in [0.15, 0.2) is 0 Å². The van der Waals surface area contributed by atoms with Gasteiger partial charge in [-0.1, -0.05) is 24.3 Å². The van der Waals surface area contributed by atoms with E-state index in [9.17, 15) is 9.18 Å². The van der Waals surface area contributed by atoms with Crippen LogP contribution < -0.4 is 10.2 Å². The molecule has 0 spiro atoms. The van der Waals surface area contributed by atoms with Crippen molar-refractivity contribution in [3.05, 3.63) is 59.4 Å². The van der Waals surface area contributed by atoms with Gasteiger partial charge in [-0.2, -0.15) is 0 Å². The number of halogens is 1. The van der Waals surface area contributed by atoms with Crippen LogP contribution in [0.2, 0.25) is 0 Å². The normalized spacial score (nSPS) is 13.7. The van der Waals surface area contributed by atoms with Crippen LogP contribution in [0, 0.1) is 5.82 Å². The topological polar surface area (TPSA) is 32.3 Å². The number of hydrogen-bond acceptors (Lipinski definition) is 2. The fourth-order valence-corrected chi connectivity index (χ4v) is 2.85. The zero-order valence-electron chi connectivity index (χ0n) is 11.9. The molecular formula is C17H17FN2O. The van der Waals surface area contributed by atoms with Crippen LogP contribution in [0.1, 0.15) is 22.3 Å². The Balaban J connectivity index is 2.03. The van der Waals surface area contributed by atoms with Crippen LogP contribution in [0.15, 0.2) is 42.5 Å². The Morgan fingerprint density at radius 2 is 2.00 bits per heavy atom. The molecule has 1 N–H and O–H groups in total. The first kappa shape index (κ1) is 13.6. The van der Waals surface area contributed by atoms with Gasteiger partial charge in [0, 0.05) is 19.3 Å². The molecule has 0 bridgehead atoms. The molecule has 1 amide bonds. The van der Waals surface area contributed by atoms with Crippen molar-refractivity contribution in [3.8, 4) is 0 Å². The lowest BCUT2D eigenvalue weighted by atomic mass is 10.0. The Labute approximate surface area is 123 Å². The average Bonchev–Trinajstić information content (AvgIpc) is 2.53. The molecule has 2 aromatic rings. The van der Waals surface area contributed by atoms with E-state index in [1.165, 1.54) is 11.6 Å². The van der Waals surface area contributed by atoms with E-state index in [1.54, 1.807) is 24.1 Å². The van der Waals surface area contributed by atoms with Crippen LogP contribution in [-0.2, 0) is 6.42 Å². The van der Waals surface area contributed by atoms with E-state index in [0.717, 1.165) is 18.5 Å². The van der Waals surface area contributed by atoms with Crippen molar-refractivity contribution in [2.75, 3.05) is 23.8 Å². The highest BCUT2D eigenvalue weighted by Crippen LogP contribution is 2.30. The minimum Gasteiger partial charge on any atom is -0.385 e. The van der Waals surface area contributed by atoms with Gasteiger partial charge in [0.05, 0.1) is 11.3 Å². The van der Waals surface area contributed by atoms with Gasteiger partial charge in [0.25, 0.3) is 5.91 Å². The molecule has 0 unspecified atom stereocenters. The third-order valence-electron chi connectivity index (χ3n) is 3.85. The molecule has 0 fully saturated rings. The predicted octanol–water partition coefficient (Wildman–Crippen LogP) is 3.46. The fourth-order valence-electron chi connectivity index (χ4n) is 2.85. The van der Waals surface area contributed by atoms with E-state index >= 15 is 0 Å². The number of anilines is 2. The molecule has 0 saturated heterocycles. The molecule has 21 heavy (non-hydrogen) atoms. The van der Waals surface area contributed by atoms with Gasteiger partial charge in [-0.25, -0.2) is 4.39 Å². The highest BCUT2D eigenvalue weighted by atomic mass is 19.1. The second kappa shape index (κ2) is 5.56. The predicted molar refractivity (Wildman–Crippen MR) is 82.4 cm³/mol. The molecular weight excluding hydrogens is 267 g/mol. The molecule has 4 heteroatoms. The quantitative estimate of drug-likeness (QED) is 0.916. The minimum absolute atomic E-state index is 0.161. The van der Waals surface area contributed by atoms with E-state index in [4.69, 9.17) is 0 Å². The monoisotopic (exact) mass is 284 g/mol.